The molecule has 0 aromatic rings. The highest BCUT2D eigenvalue weighted by Gasteiger charge is 2.65. The second kappa shape index (κ2) is 3.37. The van der Waals surface area contributed by atoms with Crippen LogP contribution in [0.3, 0.4) is 0 Å². The van der Waals surface area contributed by atoms with Crippen molar-refractivity contribution in [1.29, 1.82) is 0 Å². The number of fused-ring (bicyclic) bond motifs is 7. The van der Waals surface area contributed by atoms with Gasteiger partial charge in [0.2, 0.25) is 5.91 Å². The minimum absolute atomic E-state index is 0.0441. The van der Waals surface area contributed by atoms with E-state index in [1.54, 1.807) is 0 Å². The molecule has 0 radical (unpaired) electrons. The lowest BCUT2D eigenvalue weighted by atomic mass is 9.70. The maximum atomic E-state index is 12.7. The highest BCUT2D eigenvalue weighted by Crippen LogP contribution is 2.61. The normalized spacial score (nSPS) is 47.6. The topological polar surface area (TPSA) is 20.3 Å². The summed E-state index contributed by atoms with van der Waals surface area (Å²) in [6.45, 7) is 4.74. The zero-order valence-electron chi connectivity index (χ0n) is 10.6. The fourth-order valence-corrected chi connectivity index (χ4v) is 5.04. The lowest BCUT2D eigenvalue weighted by Gasteiger charge is -2.44. The molecule has 4 rings (SSSR count). The molecule has 94 valence electrons. The van der Waals surface area contributed by atoms with Crippen molar-refractivity contribution in [3.63, 3.8) is 0 Å². The number of carbonyl (C=O) groups is 1. The number of amides is 1. The first kappa shape index (κ1) is 10.6. The van der Waals surface area contributed by atoms with Crippen molar-refractivity contribution < 1.29 is 4.79 Å². The van der Waals surface area contributed by atoms with E-state index in [0.717, 1.165) is 19.4 Å². The first-order valence-electron chi connectivity index (χ1n) is 7.03. The number of nitrogens with zero attached hydrogens (tertiary/aromatic N) is 1. The Labute approximate surface area is 108 Å². The molecule has 2 fully saturated rings. The van der Waals surface area contributed by atoms with Gasteiger partial charge in [-0.15, -0.1) is 6.58 Å². The third kappa shape index (κ3) is 1.03. The van der Waals surface area contributed by atoms with Gasteiger partial charge < -0.3 is 4.90 Å². The van der Waals surface area contributed by atoms with Gasteiger partial charge in [-0.2, -0.15) is 0 Å². The van der Waals surface area contributed by atoms with Crippen molar-refractivity contribution in [2.75, 3.05) is 6.54 Å². The van der Waals surface area contributed by atoms with Crippen LogP contribution in [-0.2, 0) is 4.79 Å². The maximum absolute atomic E-state index is 12.7. The van der Waals surface area contributed by atoms with E-state index >= 15 is 0 Å². The lowest BCUT2D eigenvalue weighted by Crippen LogP contribution is -2.51. The van der Waals surface area contributed by atoms with E-state index in [4.69, 9.17) is 0 Å². The van der Waals surface area contributed by atoms with Gasteiger partial charge in [0, 0.05) is 12.5 Å². The Balaban J connectivity index is 1.84. The summed E-state index contributed by atoms with van der Waals surface area (Å²) in [6, 6.07) is 0. The van der Waals surface area contributed by atoms with Crippen molar-refractivity contribution in [3.8, 4) is 0 Å². The molecule has 1 amide bonds. The van der Waals surface area contributed by atoms with Crippen LogP contribution >= 0.6 is 0 Å². The van der Waals surface area contributed by atoms with Gasteiger partial charge in [-0.1, -0.05) is 30.4 Å². The van der Waals surface area contributed by atoms with Crippen molar-refractivity contribution in [2.24, 2.45) is 23.7 Å². The number of hydrogen-bond donors (Lipinski definition) is 0. The van der Waals surface area contributed by atoms with Crippen molar-refractivity contribution >= 4 is 5.91 Å². The van der Waals surface area contributed by atoms with Crippen LogP contribution in [-0.4, -0.2) is 22.9 Å². The van der Waals surface area contributed by atoms with Gasteiger partial charge in [-0.3, -0.25) is 4.79 Å². The Bertz CT molecular complexity index is 477. The van der Waals surface area contributed by atoms with Crippen molar-refractivity contribution in [1.82, 2.24) is 4.90 Å². The first-order chi connectivity index (χ1) is 8.78. The van der Waals surface area contributed by atoms with Crippen LogP contribution in [0.1, 0.15) is 19.3 Å². The third-order valence-electron chi connectivity index (χ3n) is 5.59. The summed E-state index contributed by atoms with van der Waals surface area (Å²) in [5, 5.41) is 0. The molecule has 0 aromatic heterocycles. The smallest absolute Gasteiger partial charge is 0.227 e. The molecular formula is C16H19NO. The molecule has 2 aliphatic heterocycles. The molecule has 0 spiro atoms. The average molecular weight is 241 g/mol. The van der Waals surface area contributed by atoms with E-state index in [1.165, 1.54) is 6.42 Å². The second-order valence-corrected chi connectivity index (χ2v) is 6.22. The summed E-state index contributed by atoms with van der Waals surface area (Å²) in [4.78, 5) is 14.9. The van der Waals surface area contributed by atoms with E-state index < -0.39 is 0 Å². The van der Waals surface area contributed by atoms with Crippen LogP contribution in [0.25, 0.3) is 0 Å². The molecule has 2 bridgehead atoms. The van der Waals surface area contributed by atoms with Crippen LogP contribution in [0.4, 0.5) is 0 Å². The number of rotatable bonds is 2. The molecule has 0 N–H and O–H groups in total. The fraction of sp³-hybridized carbons (Fsp3) is 0.562. The molecule has 0 unspecified atom stereocenters. The second-order valence-electron chi connectivity index (χ2n) is 6.22. The van der Waals surface area contributed by atoms with E-state index in [2.05, 4.69) is 35.8 Å². The van der Waals surface area contributed by atoms with E-state index in [0.29, 0.717) is 23.7 Å². The molecular weight excluding hydrogens is 222 g/mol. The van der Waals surface area contributed by atoms with E-state index in [1.807, 2.05) is 6.08 Å². The van der Waals surface area contributed by atoms with Gasteiger partial charge in [-0.25, -0.2) is 0 Å². The van der Waals surface area contributed by atoms with Gasteiger partial charge in [0.05, 0.1) is 11.5 Å². The SMILES string of the molecule is C=CC[C@@]12CC=CCN1C(=O)[C@H]1[C@@H]2[C@H]2C=C[C@@H]1C2. The largest absolute Gasteiger partial charge is 0.332 e. The van der Waals surface area contributed by atoms with Crippen LogP contribution in [0, 0.1) is 23.7 Å². The van der Waals surface area contributed by atoms with Crippen LogP contribution in [0.5, 0.6) is 0 Å². The Morgan fingerprint density at radius 2 is 2.22 bits per heavy atom. The summed E-state index contributed by atoms with van der Waals surface area (Å²) >= 11 is 0. The van der Waals surface area contributed by atoms with Crippen LogP contribution in [0.2, 0.25) is 0 Å². The Morgan fingerprint density at radius 3 is 3.06 bits per heavy atom. The third-order valence-corrected chi connectivity index (χ3v) is 5.59. The van der Waals surface area contributed by atoms with Gasteiger partial charge in [0.1, 0.15) is 0 Å². The predicted octanol–water partition coefficient (Wildman–Crippen LogP) is 2.54. The Kier molecular flexibility index (Phi) is 1.98. The summed E-state index contributed by atoms with van der Waals surface area (Å²) < 4.78 is 0. The minimum atomic E-state index is 0.0441. The van der Waals surface area contributed by atoms with Crippen LogP contribution < -0.4 is 0 Å². The molecule has 2 aliphatic carbocycles. The fourth-order valence-electron chi connectivity index (χ4n) is 5.04. The molecule has 0 aromatic carbocycles. The quantitative estimate of drug-likeness (QED) is 0.680. The molecule has 2 nitrogen and oxygen atoms in total. The van der Waals surface area contributed by atoms with Crippen molar-refractivity contribution in [3.05, 3.63) is 37.0 Å². The number of hydrogen-bond acceptors (Lipinski definition) is 1. The molecule has 18 heavy (non-hydrogen) atoms. The maximum Gasteiger partial charge on any atom is 0.227 e. The summed E-state index contributed by atoms with van der Waals surface area (Å²) in [6.07, 6.45) is 14.3. The summed E-state index contributed by atoms with van der Waals surface area (Å²) in [5.74, 6) is 2.34. The van der Waals surface area contributed by atoms with E-state index in [9.17, 15) is 4.79 Å². The Hall–Kier alpha value is -1.31. The first-order valence-corrected chi connectivity index (χ1v) is 7.03. The highest BCUT2D eigenvalue weighted by atomic mass is 16.2. The summed E-state index contributed by atoms with van der Waals surface area (Å²) in [5.41, 5.74) is 0.0441. The van der Waals surface area contributed by atoms with Gasteiger partial charge in [0.15, 0.2) is 0 Å². The molecule has 1 saturated heterocycles. The summed E-state index contributed by atoms with van der Waals surface area (Å²) in [7, 11) is 0. The van der Waals surface area contributed by atoms with Crippen LogP contribution in [0.15, 0.2) is 37.0 Å². The molecule has 1 saturated carbocycles. The van der Waals surface area contributed by atoms with Gasteiger partial charge in [0.25, 0.3) is 0 Å². The monoisotopic (exact) mass is 241 g/mol. The van der Waals surface area contributed by atoms with Gasteiger partial charge >= 0.3 is 0 Å². The highest BCUT2D eigenvalue weighted by molar-refractivity contribution is 5.85. The molecule has 2 heteroatoms. The zero-order chi connectivity index (χ0) is 12.3. The average Bonchev–Trinajstić information content (AvgIpc) is 3.03. The van der Waals surface area contributed by atoms with E-state index in [-0.39, 0.29) is 11.5 Å². The zero-order valence-corrected chi connectivity index (χ0v) is 10.6. The van der Waals surface area contributed by atoms with Crippen molar-refractivity contribution in [2.45, 2.75) is 24.8 Å². The minimum Gasteiger partial charge on any atom is -0.332 e. The molecule has 2 heterocycles. The van der Waals surface area contributed by atoms with Gasteiger partial charge in [-0.05, 0) is 31.1 Å². The standard InChI is InChI=1S/C16H19NO/c1-2-7-16-8-3-4-9-17(16)15(18)13-11-5-6-12(10-11)14(13)16/h2-6,11-14H,1,7-10H2/t11-,12+,13-,14+,16+/m1/s1. The Morgan fingerprint density at radius 1 is 1.39 bits per heavy atom. The lowest BCUT2D eigenvalue weighted by molar-refractivity contribution is -0.134. The molecule has 5 atom stereocenters. The predicted molar refractivity (Wildman–Crippen MR) is 70.7 cm³/mol. The number of allylic oxidation sites excluding steroid dienone is 2. The number of carbonyl (C=O) groups excluding carboxylic acids is 1. The molecule has 4 aliphatic rings.